The molecule has 0 aromatic rings. The average Bonchev–Trinajstić information content (AvgIpc) is 3.45. The molecule has 6 heteroatoms. The lowest BCUT2D eigenvalue weighted by Crippen LogP contribution is -2.30. The average molecular weight is 1090 g/mol. The predicted molar refractivity (Wildman–Crippen MR) is 343 cm³/mol. The van der Waals surface area contributed by atoms with Gasteiger partial charge >= 0.3 is 17.9 Å². The van der Waals surface area contributed by atoms with Gasteiger partial charge in [-0.3, -0.25) is 14.4 Å². The van der Waals surface area contributed by atoms with Crippen LogP contribution in [0.3, 0.4) is 0 Å². The molecule has 0 aliphatic heterocycles. The topological polar surface area (TPSA) is 78.9 Å². The van der Waals surface area contributed by atoms with Gasteiger partial charge < -0.3 is 14.2 Å². The van der Waals surface area contributed by atoms with Crippen LogP contribution in [0, 0.1) is 0 Å². The first-order valence-electron chi connectivity index (χ1n) is 32.3. The number of carbonyl (C=O) groups is 3. The van der Waals surface area contributed by atoms with Crippen LogP contribution in [0.15, 0.2) is 146 Å². The van der Waals surface area contributed by atoms with E-state index in [1.165, 1.54) is 89.9 Å². The number of allylic oxidation sites excluding steroid dienone is 24. The Morgan fingerprint density at radius 1 is 0.266 bits per heavy atom. The number of rotatable bonds is 57. The second-order valence-corrected chi connectivity index (χ2v) is 20.9. The second kappa shape index (κ2) is 65.8. The Kier molecular flexibility index (Phi) is 61.9. The molecule has 0 saturated carbocycles. The molecule has 0 aliphatic rings. The Hall–Kier alpha value is -4.71. The highest BCUT2D eigenvalue weighted by Gasteiger charge is 2.19. The first-order valence-corrected chi connectivity index (χ1v) is 32.3. The molecule has 0 heterocycles. The molecule has 79 heavy (non-hydrogen) atoms. The van der Waals surface area contributed by atoms with Gasteiger partial charge in [0.25, 0.3) is 0 Å². The molecule has 446 valence electrons. The van der Waals surface area contributed by atoms with Gasteiger partial charge in [0.2, 0.25) is 0 Å². The molecule has 0 bridgehead atoms. The van der Waals surface area contributed by atoms with E-state index in [-0.39, 0.29) is 37.5 Å². The molecule has 0 saturated heterocycles. The fourth-order valence-corrected chi connectivity index (χ4v) is 8.57. The van der Waals surface area contributed by atoms with Crippen LogP contribution in [0.5, 0.6) is 0 Å². The monoisotopic (exact) mass is 1090 g/mol. The van der Waals surface area contributed by atoms with Crippen molar-refractivity contribution in [3.8, 4) is 0 Å². The SMILES string of the molecule is CC/C=C\C/C=C\C/C=C\C/C=C\C/C=C\C/C=C\C/C=C\CCCCCCCCCCCC(=O)OCC(COC(=O)CCCCCCCCCCCCC)OC(=O)CCCCC/C=C\C/C=C\C/C=C\C/C=C\C/C=C\CC. The summed E-state index contributed by atoms with van der Waals surface area (Å²) in [7, 11) is 0. The van der Waals surface area contributed by atoms with Crippen LogP contribution in [-0.4, -0.2) is 37.2 Å². The highest BCUT2D eigenvalue weighted by molar-refractivity contribution is 5.71. The molecular weight excluding hydrogens is 973 g/mol. The van der Waals surface area contributed by atoms with E-state index in [1.807, 2.05) is 0 Å². The maximum absolute atomic E-state index is 12.9. The maximum Gasteiger partial charge on any atom is 0.306 e. The van der Waals surface area contributed by atoms with Crippen LogP contribution in [0.25, 0.3) is 0 Å². The van der Waals surface area contributed by atoms with Crippen molar-refractivity contribution in [3.63, 3.8) is 0 Å². The highest BCUT2D eigenvalue weighted by Crippen LogP contribution is 2.15. The van der Waals surface area contributed by atoms with Gasteiger partial charge in [-0.2, -0.15) is 0 Å². The number of hydrogen-bond donors (Lipinski definition) is 0. The molecule has 0 N–H and O–H groups in total. The normalized spacial score (nSPS) is 13.1. The van der Waals surface area contributed by atoms with E-state index in [4.69, 9.17) is 14.2 Å². The van der Waals surface area contributed by atoms with Crippen molar-refractivity contribution in [1.82, 2.24) is 0 Å². The first-order chi connectivity index (χ1) is 39.0. The zero-order chi connectivity index (χ0) is 57.1. The zero-order valence-electron chi connectivity index (χ0n) is 51.1. The van der Waals surface area contributed by atoms with Crippen molar-refractivity contribution in [3.05, 3.63) is 146 Å². The van der Waals surface area contributed by atoms with E-state index in [2.05, 4.69) is 167 Å². The zero-order valence-corrected chi connectivity index (χ0v) is 51.1. The fraction of sp³-hybridized carbons (Fsp3) is 0.630. The molecule has 0 radical (unpaired) electrons. The number of unbranched alkanes of at least 4 members (excludes halogenated alkanes) is 22. The first kappa shape index (κ1) is 74.3. The lowest BCUT2D eigenvalue weighted by atomic mass is 10.1. The van der Waals surface area contributed by atoms with Crippen LogP contribution >= 0.6 is 0 Å². The Labute approximate surface area is 487 Å². The molecule has 0 aromatic heterocycles. The van der Waals surface area contributed by atoms with Crippen molar-refractivity contribution >= 4 is 17.9 Å². The van der Waals surface area contributed by atoms with Crippen molar-refractivity contribution in [1.29, 1.82) is 0 Å². The van der Waals surface area contributed by atoms with Crippen molar-refractivity contribution in [2.24, 2.45) is 0 Å². The van der Waals surface area contributed by atoms with E-state index in [1.54, 1.807) is 0 Å². The van der Waals surface area contributed by atoms with Gasteiger partial charge in [0.05, 0.1) is 0 Å². The summed E-state index contributed by atoms with van der Waals surface area (Å²) < 4.78 is 16.9. The fourth-order valence-electron chi connectivity index (χ4n) is 8.57. The van der Waals surface area contributed by atoms with Crippen molar-refractivity contribution < 1.29 is 28.6 Å². The minimum absolute atomic E-state index is 0.0955. The summed E-state index contributed by atoms with van der Waals surface area (Å²) in [5, 5.41) is 0. The smallest absolute Gasteiger partial charge is 0.306 e. The van der Waals surface area contributed by atoms with Gasteiger partial charge in [-0.05, 0) is 122 Å². The number of carbonyl (C=O) groups excluding carboxylic acids is 3. The third kappa shape index (κ3) is 64.0. The summed E-state index contributed by atoms with van der Waals surface area (Å²) >= 11 is 0. The van der Waals surface area contributed by atoms with Crippen molar-refractivity contribution in [2.45, 2.75) is 284 Å². The summed E-state index contributed by atoms with van der Waals surface area (Å²) in [4.78, 5) is 38.3. The lowest BCUT2D eigenvalue weighted by Gasteiger charge is -2.18. The Bertz CT molecular complexity index is 1730. The number of ether oxygens (including phenoxy) is 3. The van der Waals surface area contributed by atoms with Crippen LogP contribution in [0.1, 0.15) is 278 Å². The molecule has 0 rings (SSSR count). The third-order valence-electron chi connectivity index (χ3n) is 13.3. The molecular formula is C73H118O6. The summed E-state index contributed by atoms with van der Waals surface area (Å²) in [5.41, 5.74) is 0. The van der Waals surface area contributed by atoms with E-state index < -0.39 is 6.10 Å². The number of hydrogen-bond acceptors (Lipinski definition) is 6. The lowest BCUT2D eigenvalue weighted by molar-refractivity contribution is -0.167. The second-order valence-electron chi connectivity index (χ2n) is 20.9. The Balaban J connectivity index is 4.32. The van der Waals surface area contributed by atoms with E-state index in [0.29, 0.717) is 12.8 Å². The molecule has 1 atom stereocenters. The van der Waals surface area contributed by atoms with Crippen LogP contribution in [0.4, 0.5) is 0 Å². The highest BCUT2D eigenvalue weighted by atomic mass is 16.6. The van der Waals surface area contributed by atoms with Gasteiger partial charge in [-0.25, -0.2) is 0 Å². The summed E-state index contributed by atoms with van der Waals surface area (Å²) in [6.45, 7) is 6.38. The largest absolute Gasteiger partial charge is 0.462 e. The molecule has 6 nitrogen and oxygen atoms in total. The Morgan fingerprint density at radius 3 is 0.785 bits per heavy atom. The summed E-state index contributed by atoms with van der Waals surface area (Å²) in [5.74, 6) is -0.935. The minimum Gasteiger partial charge on any atom is -0.462 e. The van der Waals surface area contributed by atoms with E-state index in [0.717, 1.165) is 148 Å². The van der Waals surface area contributed by atoms with Gasteiger partial charge in [0.1, 0.15) is 13.2 Å². The minimum atomic E-state index is -0.802. The van der Waals surface area contributed by atoms with Gasteiger partial charge in [0.15, 0.2) is 6.10 Å². The molecule has 0 amide bonds. The predicted octanol–water partition coefficient (Wildman–Crippen LogP) is 22.3. The molecule has 0 spiro atoms. The quantitative estimate of drug-likeness (QED) is 0.0261. The molecule has 0 fully saturated rings. The molecule has 0 aliphatic carbocycles. The summed E-state index contributed by atoms with van der Waals surface area (Å²) in [6, 6.07) is 0. The maximum atomic E-state index is 12.9. The van der Waals surface area contributed by atoms with Gasteiger partial charge in [-0.15, -0.1) is 0 Å². The standard InChI is InChI=1S/C73H118O6/c1-4-7-10-13-16-19-22-24-26-28-30-31-32-33-34-35-36-37-38-39-40-41-43-44-46-48-51-54-57-60-63-66-72(75)78-69-70(68-77-71(74)65-62-59-56-53-50-21-18-15-12-9-6-3)79-73(76)67-64-61-58-55-52-49-47-45-42-29-27-25-23-20-17-14-11-8-5-2/h7-8,10-11,16-17,19-20,24-27,30-31,33-34,36-37,39-40,42,45,49,52,70H,4-6,9,12-15,18,21-23,28-29,32,35,38,41,43-44,46-48,50-51,53-69H2,1-3H3/b10-7-,11-8-,19-16-,20-17-,26-24-,27-25-,31-30-,34-33-,37-36-,40-39-,45-42-,52-49-. The van der Waals surface area contributed by atoms with Crippen LogP contribution in [0.2, 0.25) is 0 Å². The van der Waals surface area contributed by atoms with Gasteiger partial charge in [0, 0.05) is 19.3 Å². The summed E-state index contributed by atoms with van der Waals surface area (Å²) in [6.07, 6.45) is 94.3. The number of esters is 3. The molecule has 1 unspecified atom stereocenters. The van der Waals surface area contributed by atoms with Crippen LogP contribution < -0.4 is 0 Å². The Morgan fingerprint density at radius 2 is 0.494 bits per heavy atom. The van der Waals surface area contributed by atoms with E-state index >= 15 is 0 Å². The van der Waals surface area contributed by atoms with Gasteiger partial charge in [-0.1, -0.05) is 282 Å². The third-order valence-corrected chi connectivity index (χ3v) is 13.3. The van der Waals surface area contributed by atoms with Crippen LogP contribution in [-0.2, 0) is 28.6 Å². The van der Waals surface area contributed by atoms with E-state index in [9.17, 15) is 14.4 Å². The van der Waals surface area contributed by atoms with Crippen molar-refractivity contribution in [2.75, 3.05) is 13.2 Å². The molecule has 0 aromatic carbocycles.